The van der Waals surface area contributed by atoms with Crippen molar-refractivity contribution in [1.82, 2.24) is 61.5 Å². The van der Waals surface area contributed by atoms with Crippen LogP contribution in [0.25, 0.3) is 0 Å². The third kappa shape index (κ3) is 14.0. The van der Waals surface area contributed by atoms with Gasteiger partial charge in [-0.15, -0.1) is 0 Å². The van der Waals surface area contributed by atoms with Gasteiger partial charge in [-0.1, -0.05) is 20.3 Å². The first kappa shape index (κ1) is 55.2. The Bertz CT molecular complexity index is 2140. The van der Waals surface area contributed by atoms with Crippen molar-refractivity contribution in [3.05, 3.63) is 18.2 Å². The zero-order valence-corrected chi connectivity index (χ0v) is 40.6. The number of rotatable bonds is 22. The molecule has 0 unspecified atom stereocenters. The van der Waals surface area contributed by atoms with Gasteiger partial charge in [0, 0.05) is 44.5 Å². The molecule has 71 heavy (non-hydrogen) atoms. The summed E-state index contributed by atoms with van der Waals surface area (Å²) in [4.78, 5) is 158. The number of amides is 10. The van der Waals surface area contributed by atoms with Gasteiger partial charge in [-0.05, 0) is 71.1 Å². The van der Waals surface area contributed by atoms with E-state index in [-0.39, 0.29) is 51.2 Å². The van der Waals surface area contributed by atoms with Crippen LogP contribution in [0.15, 0.2) is 12.5 Å². The van der Waals surface area contributed by atoms with Crippen LogP contribution < -0.4 is 37.6 Å². The highest BCUT2D eigenvalue weighted by molar-refractivity contribution is 5.99. The normalized spacial score (nSPS) is 22.3. The molecular weight excluding hydrogens is 931 g/mol. The standard InChI is InChI=1S/C45H69N13O13/c1-5-24(2)36(42(68)48-20-34(60)55-14-6-10-30(55)39(65)52-28(18-27-19-47-23-50-27)37(63)49-21-35(61)62)54-41(67)32-12-7-15-56(32)44(70)26(4)51-38(64)29(22-59)53-40(66)31-11-8-16-57(31)45(71)33-13-9-17-58(33)43(69)25(3)46/h19,23-26,28-33,36,59H,5-18,20-22,46H2,1-4H3,(H,47,50)(H,48,68)(H,49,63)(H,51,64)(H,52,65)(H,53,66)(H,54,67)(H,61,62)/t24-,25-,26-,28-,29-,30-,31-,32-,33-,36-/m0/s1. The van der Waals surface area contributed by atoms with Gasteiger partial charge in [0.1, 0.15) is 54.9 Å². The number of carboxylic acids is 1. The Hall–Kier alpha value is -6.70. The lowest BCUT2D eigenvalue weighted by atomic mass is 9.97. The first-order valence-electron chi connectivity index (χ1n) is 24.3. The van der Waals surface area contributed by atoms with E-state index >= 15 is 0 Å². The number of nitrogens with two attached hydrogens (primary N) is 1. The minimum atomic E-state index is -1.50. The Morgan fingerprint density at radius 3 is 1.76 bits per heavy atom. The van der Waals surface area contributed by atoms with Crippen molar-refractivity contribution in [3.8, 4) is 0 Å². The molecule has 26 heteroatoms. The Morgan fingerprint density at radius 2 is 1.20 bits per heavy atom. The van der Waals surface area contributed by atoms with E-state index in [1.54, 1.807) is 13.8 Å². The number of aliphatic hydroxyl groups is 1. The summed E-state index contributed by atoms with van der Waals surface area (Å²) in [6.07, 6.45) is 6.36. The van der Waals surface area contributed by atoms with E-state index in [0.717, 1.165) is 0 Å². The minimum absolute atomic E-state index is 0.0422. The van der Waals surface area contributed by atoms with E-state index in [9.17, 15) is 57.8 Å². The zero-order chi connectivity index (χ0) is 52.1. The number of aromatic nitrogens is 2. The molecule has 5 heterocycles. The van der Waals surface area contributed by atoms with Crippen molar-refractivity contribution in [3.63, 3.8) is 0 Å². The van der Waals surface area contributed by atoms with E-state index < -0.39 is 139 Å². The molecule has 1 aromatic heterocycles. The number of hydrogen-bond donors (Lipinski definition) is 10. The number of H-pyrrole nitrogens is 1. The van der Waals surface area contributed by atoms with Gasteiger partial charge in [-0.3, -0.25) is 52.7 Å². The van der Waals surface area contributed by atoms with Crippen LogP contribution in [0.4, 0.5) is 0 Å². The monoisotopic (exact) mass is 1000 g/mol. The van der Waals surface area contributed by atoms with E-state index in [4.69, 9.17) is 10.8 Å². The molecule has 4 aliphatic rings. The van der Waals surface area contributed by atoms with Crippen LogP contribution in [0.5, 0.6) is 0 Å². The molecule has 11 N–H and O–H groups in total. The van der Waals surface area contributed by atoms with Crippen LogP contribution in [0.1, 0.15) is 91.2 Å². The first-order chi connectivity index (χ1) is 33.8. The lowest BCUT2D eigenvalue weighted by Crippen LogP contribution is -2.60. The summed E-state index contributed by atoms with van der Waals surface area (Å²) in [5, 5.41) is 34.4. The molecule has 392 valence electrons. The Kier molecular flexibility index (Phi) is 19.8. The Balaban J connectivity index is 1.14. The Morgan fingerprint density at radius 1 is 0.676 bits per heavy atom. The van der Waals surface area contributed by atoms with Crippen molar-refractivity contribution < 1.29 is 63.0 Å². The van der Waals surface area contributed by atoms with Gasteiger partial charge in [-0.25, -0.2) is 4.98 Å². The Labute approximate surface area is 410 Å². The smallest absolute Gasteiger partial charge is 0.322 e. The predicted molar refractivity (Wildman–Crippen MR) is 248 cm³/mol. The van der Waals surface area contributed by atoms with Gasteiger partial charge >= 0.3 is 5.97 Å². The highest BCUT2D eigenvalue weighted by Crippen LogP contribution is 2.26. The molecule has 10 atom stereocenters. The molecule has 0 bridgehead atoms. The second-order valence-corrected chi connectivity index (χ2v) is 18.6. The highest BCUT2D eigenvalue weighted by atomic mass is 16.4. The second-order valence-electron chi connectivity index (χ2n) is 18.6. The summed E-state index contributed by atoms with van der Waals surface area (Å²) in [5.74, 6) is -8.05. The molecule has 0 aromatic carbocycles. The number of carboxylic acid groups (broad SMARTS) is 1. The molecule has 4 aliphatic heterocycles. The van der Waals surface area contributed by atoms with Crippen LogP contribution in [-0.2, 0) is 59.2 Å². The second kappa shape index (κ2) is 25.4. The lowest BCUT2D eigenvalue weighted by Gasteiger charge is -2.32. The summed E-state index contributed by atoms with van der Waals surface area (Å²) in [6.45, 7) is 5.34. The maximum absolute atomic E-state index is 13.9. The molecule has 0 saturated carbocycles. The summed E-state index contributed by atoms with van der Waals surface area (Å²) >= 11 is 0. The van der Waals surface area contributed by atoms with Gasteiger partial charge < -0.3 is 72.4 Å². The fourth-order valence-electron chi connectivity index (χ4n) is 9.48. The predicted octanol–water partition coefficient (Wildman–Crippen LogP) is -4.42. The SMILES string of the molecule is CC[C@H](C)[C@H](NC(=O)[C@@H]1CCCN1C(=O)[C@H](C)NC(=O)[C@H](CO)NC(=O)[C@@H]1CCCN1C(=O)[C@@H]1CCCN1C(=O)[C@H](C)N)C(=O)NCC(=O)N1CCC[C@H]1C(=O)N[C@@H](Cc1cnc[nH]1)C(=O)NCC(=O)O. The van der Waals surface area contributed by atoms with Crippen molar-refractivity contribution in [1.29, 1.82) is 0 Å². The zero-order valence-electron chi connectivity index (χ0n) is 40.6. The van der Waals surface area contributed by atoms with Crippen LogP contribution in [0.3, 0.4) is 0 Å². The van der Waals surface area contributed by atoms with Crippen molar-refractivity contribution in [2.24, 2.45) is 11.7 Å². The largest absolute Gasteiger partial charge is 0.480 e. The molecule has 0 spiro atoms. The van der Waals surface area contributed by atoms with E-state index in [0.29, 0.717) is 50.8 Å². The number of imidazole rings is 1. The van der Waals surface area contributed by atoms with Crippen LogP contribution in [0, 0.1) is 5.92 Å². The highest BCUT2D eigenvalue weighted by Gasteiger charge is 2.44. The summed E-state index contributed by atoms with van der Waals surface area (Å²) in [6, 6.07) is -9.64. The molecule has 0 aliphatic carbocycles. The van der Waals surface area contributed by atoms with Crippen LogP contribution in [-0.4, -0.2) is 205 Å². The number of likely N-dealkylation sites (tertiary alicyclic amines) is 4. The van der Waals surface area contributed by atoms with Gasteiger partial charge in [0.2, 0.25) is 59.1 Å². The molecule has 0 radical (unpaired) electrons. The maximum Gasteiger partial charge on any atom is 0.322 e. The average molecular weight is 1000 g/mol. The fourth-order valence-corrected chi connectivity index (χ4v) is 9.48. The van der Waals surface area contributed by atoms with E-state index in [2.05, 4.69) is 41.9 Å². The third-order valence-electron chi connectivity index (χ3n) is 13.5. The molecule has 4 saturated heterocycles. The van der Waals surface area contributed by atoms with Crippen LogP contribution in [0.2, 0.25) is 0 Å². The van der Waals surface area contributed by atoms with Gasteiger partial charge in [0.05, 0.1) is 25.5 Å². The van der Waals surface area contributed by atoms with Gasteiger partial charge in [0.15, 0.2) is 0 Å². The van der Waals surface area contributed by atoms with E-state index in [1.807, 2.05) is 0 Å². The maximum atomic E-state index is 13.9. The quantitative estimate of drug-likeness (QED) is 0.0524. The molecule has 1 aromatic rings. The molecule has 5 rings (SSSR count). The number of nitrogens with one attached hydrogen (secondary N) is 7. The number of aliphatic hydroxyl groups excluding tert-OH is 1. The average Bonchev–Trinajstić information content (AvgIpc) is 4.21. The van der Waals surface area contributed by atoms with Crippen molar-refractivity contribution >= 4 is 65.0 Å². The molecule has 10 amide bonds. The first-order valence-corrected chi connectivity index (χ1v) is 24.3. The van der Waals surface area contributed by atoms with Crippen molar-refractivity contribution in [2.45, 2.75) is 146 Å². The summed E-state index contributed by atoms with van der Waals surface area (Å²) < 4.78 is 0. The summed E-state index contributed by atoms with van der Waals surface area (Å²) in [5.41, 5.74) is 6.29. The number of carbonyl (C=O) groups excluding carboxylic acids is 10. The topological polar surface area (TPSA) is 368 Å². The number of aliphatic carboxylic acids is 1. The minimum Gasteiger partial charge on any atom is -0.480 e. The number of aromatic amines is 1. The molecular formula is C45H69N13O13. The summed E-state index contributed by atoms with van der Waals surface area (Å²) in [7, 11) is 0. The van der Waals surface area contributed by atoms with Crippen LogP contribution >= 0.6 is 0 Å². The van der Waals surface area contributed by atoms with Gasteiger partial charge in [0.25, 0.3) is 0 Å². The number of nitrogens with zero attached hydrogens (tertiary/aromatic N) is 5. The van der Waals surface area contributed by atoms with E-state index in [1.165, 1.54) is 46.0 Å². The molecule has 26 nitrogen and oxygen atoms in total. The molecule has 4 fully saturated rings. The van der Waals surface area contributed by atoms with Crippen molar-refractivity contribution in [2.75, 3.05) is 45.9 Å². The number of hydrogen-bond acceptors (Lipinski definition) is 14. The number of carbonyl (C=O) groups is 11. The third-order valence-corrected chi connectivity index (χ3v) is 13.5. The van der Waals surface area contributed by atoms with Gasteiger partial charge in [-0.2, -0.15) is 0 Å². The lowest BCUT2D eigenvalue weighted by molar-refractivity contribution is -0.147. The fraction of sp³-hybridized carbons (Fsp3) is 0.689.